The molecule has 0 rings (SSSR count). The fraction of sp³-hybridized carbons (Fsp3) is 0.636. The van der Waals surface area contributed by atoms with Gasteiger partial charge in [-0.15, -0.1) is 0 Å². The third-order valence-corrected chi connectivity index (χ3v) is 7.66. The van der Waals surface area contributed by atoms with E-state index in [-0.39, 0.29) is 13.2 Å². The van der Waals surface area contributed by atoms with E-state index >= 15 is 0 Å². The summed E-state index contributed by atoms with van der Waals surface area (Å²) in [5, 5.41) is 0. The molecule has 0 fully saturated rings. The zero-order valence-corrected chi connectivity index (χ0v) is 22.3. The van der Waals surface area contributed by atoms with Gasteiger partial charge in [-0.1, -0.05) is 41.5 Å². The van der Waals surface area contributed by atoms with Gasteiger partial charge in [-0.2, -0.15) is 4.31 Å². The number of phosphoric acid groups is 2. The van der Waals surface area contributed by atoms with E-state index in [9.17, 15) is 9.13 Å². The summed E-state index contributed by atoms with van der Waals surface area (Å²) in [6, 6.07) is 0. The number of ether oxygens (including phenoxy) is 1. The molecule has 0 aromatic carbocycles. The van der Waals surface area contributed by atoms with Gasteiger partial charge in [0.05, 0.1) is 19.8 Å². The molecule has 0 radical (unpaired) electrons. The highest BCUT2D eigenvalue weighted by Crippen LogP contribution is 2.65. The molecule has 0 amide bonds. The molecule has 0 saturated heterocycles. The minimum absolute atomic E-state index is 0.169. The SMILES string of the molecule is C=C(COC/C=C(\C)CC/C=C(\C)CCC=C(C)C)COP(=O)(OC)OP(=O)(OC)OC. The second-order valence-electron chi connectivity index (χ2n) is 7.52. The van der Waals surface area contributed by atoms with Crippen molar-refractivity contribution in [1.82, 2.24) is 0 Å². The first-order chi connectivity index (χ1) is 15.0. The molecule has 0 heterocycles. The van der Waals surface area contributed by atoms with E-state index in [1.54, 1.807) is 0 Å². The largest absolute Gasteiger partial charge is 0.483 e. The quantitative estimate of drug-likeness (QED) is 0.113. The highest BCUT2D eigenvalue weighted by molar-refractivity contribution is 7.62. The number of rotatable bonds is 18. The van der Waals surface area contributed by atoms with Crippen LogP contribution in [0, 0.1) is 0 Å². The van der Waals surface area contributed by atoms with Crippen molar-refractivity contribution in [2.24, 2.45) is 0 Å². The first-order valence-corrected chi connectivity index (χ1v) is 13.3. The van der Waals surface area contributed by atoms with E-state index in [2.05, 4.69) is 55.5 Å². The highest BCUT2D eigenvalue weighted by atomic mass is 31.3. The van der Waals surface area contributed by atoms with Gasteiger partial charge in [0.2, 0.25) is 0 Å². The summed E-state index contributed by atoms with van der Waals surface area (Å²) in [5.74, 6) is 0. The monoisotopic (exact) mass is 494 g/mol. The second-order valence-corrected chi connectivity index (χ2v) is 11.3. The fourth-order valence-corrected chi connectivity index (χ4v) is 4.89. The first kappa shape index (κ1) is 31.2. The predicted octanol–water partition coefficient (Wildman–Crippen LogP) is 7.17. The minimum atomic E-state index is -4.15. The Morgan fingerprint density at radius 2 is 1.31 bits per heavy atom. The Kier molecular flexibility index (Phi) is 16.3. The summed E-state index contributed by atoms with van der Waals surface area (Å²) in [6.45, 7) is 12.7. The van der Waals surface area contributed by atoms with Crippen molar-refractivity contribution in [3.8, 4) is 0 Å². The lowest BCUT2D eigenvalue weighted by molar-refractivity contribution is 0.139. The van der Waals surface area contributed by atoms with Crippen molar-refractivity contribution in [2.45, 2.75) is 53.4 Å². The molecule has 32 heavy (non-hydrogen) atoms. The van der Waals surface area contributed by atoms with E-state index in [0.717, 1.165) is 47.0 Å². The van der Waals surface area contributed by atoms with Gasteiger partial charge in [-0.25, -0.2) is 9.13 Å². The molecular formula is C22H40O8P2. The Bertz CT molecular complexity index is 743. The van der Waals surface area contributed by atoms with Crippen LogP contribution in [0.3, 0.4) is 0 Å². The standard InChI is InChI=1S/C22H40O8P2/c1-19(2)11-9-12-20(3)13-10-14-21(4)15-16-28-17-22(5)18-29-32(24,27-8)30-31(23,25-6)26-7/h11,13,15H,5,9-10,12,14,16-18H2,1-4,6-8H3/b20-13+,21-15+. The van der Waals surface area contributed by atoms with Crippen LogP contribution in [-0.2, 0) is 36.3 Å². The molecule has 0 spiro atoms. The fourth-order valence-electron chi connectivity index (χ4n) is 2.33. The number of hydrogen-bond acceptors (Lipinski definition) is 8. The minimum Gasteiger partial charge on any atom is -0.373 e. The van der Waals surface area contributed by atoms with Crippen LogP contribution in [0.5, 0.6) is 0 Å². The normalized spacial score (nSPS) is 14.8. The zero-order chi connectivity index (χ0) is 24.6. The number of allylic oxidation sites excluding steroid dienone is 5. The molecule has 186 valence electrons. The summed E-state index contributed by atoms with van der Waals surface area (Å²) in [4.78, 5) is 0. The summed E-state index contributed by atoms with van der Waals surface area (Å²) in [7, 11) is -4.89. The molecule has 10 heteroatoms. The Labute approximate surface area is 193 Å². The third kappa shape index (κ3) is 15.1. The Hall–Kier alpha value is -0.820. The molecule has 8 nitrogen and oxygen atoms in total. The van der Waals surface area contributed by atoms with Crippen LogP contribution in [0.1, 0.15) is 53.4 Å². The number of phosphoric ester groups is 2. The Morgan fingerprint density at radius 3 is 1.84 bits per heavy atom. The number of hydrogen-bond donors (Lipinski definition) is 0. The van der Waals surface area contributed by atoms with E-state index < -0.39 is 15.6 Å². The molecule has 0 aliphatic carbocycles. The van der Waals surface area contributed by atoms with E-state index in [4.69, 9.17) is 18.1 Å². The summed E-state index contributed by atoms with van der Waals surface area (Å²) >= 11 is 0. The van der Waals surface area contributed by atoms with Gasteiger partial charge in [-0.3, -0.25) is 18.1 Å². The van der Waals surface area contributed by atoms with Crippen LogP contribution in [0.4, 0.5) is 0 Å². The lowest BCUT2D eigenvalue weighted by Gasteiger charge is -2.20. The molecule has 0 N–H and O–H groups in total. The summed E-state index contributed by atoms with van der Waals surface area (Å²) in [6.07, 6.45) is 10.7. The lowest BCUT2D eigenvalue weighted by atomic mass is 10.1. The predicted molar refractivity (Wildman–Crippen MR) is 129 cm³/mol. The lowest BCUT2D eigenvalue weighted by Crippen LogP contribution is -2.06. The maximum absolute atomic E-state index is 12.4. The van der Waals surface area contributed by atoms with Gasteiger partial charge >= 0.3 is 15.6 Å². The van der Waals surface area contributed by atoms with Crippen LogP contribution >= 0.6 is 15.6 Å². The van der Waals surface area contributed by atoms with Gasteiger partial charge in [0, 0.05) is 21.3 Å². The van der Waals surface area contributed by atoms with E-state index in [1.807, 2.05) is 6.08 Å². The Balaban J connectivity index is 4.27. The van der Waals surface area contributed by atoms with Crippen LogP contribution in [-0.4, -0.2) is 41.2 Å². The van der Waals surface area contributed by atoms with Crippen molar-refractivity contribution >= 4 is 15.6 Å². The molecule has 0 aliphatic heterocycles. The van der Waals surface area contributed by atoms with E-state index in [0.29, 0.717) is 12.2 Å². The first-order valence-electron chi connectivity index (χ1n) is 10.4. The summed E-state index contributed by atoms with van der Waals surface area (Å²) < 4.78 is 53.7. The van der Waals surface area contributed by atoms with Gasteiger partial charge in [0.15, 0.2) is 0 Å². The average molecular weight is 495 g/mol. The van der Waals surface area contributed by atoms with Crippen molar-refractivity contribution in [3.05, 3.63) is 47.1 Å². The smallest absolute Gasteiger partial charge is 0.373 e. The molecule has 0 saturated carbocycles. The molecule has 1 atom stereocenters. The van der Waals surface area contributed by atoms with E-state index in [1.165, 1.54) is 16.7 Å². The van der Waals surface area contributed by atoms with Crippen molar-refractivity contribution in [2.75, 3.05) is 41.2 Å². The second kappa shape index (κ2) is 16.7. The van der Waals surface area contributed by atoms with Crippen molar-refractivity contribution in [3.63, 3.8) is 0 Å². The van der Waals surface area contributed by atoms with Crippen LogP contribution in [0.15, 0.2) is 47.1 Å². The van der Waals surface area contributed by atoms with Gasteiger partial charge in [0.1, 0.15) is 0 Å². The third-order valence-electron chi connectivity index (χ3n) is 4.28. The van der Waals surface area contributed by atoms with Gasteiger partial charge < -0.3 is 4.74 Å². The van der Waals surface area contributed by atoms with Gasteiger partial charge in [-0.05, 0) is 59.0 Å². The highest BCUT2D eigenvalue weighted by Gasteiger charge is 2.38. The molecule has 0 aromatic rings. The molecular weight excluding hydrogens is 454 g/mol. The van der Waals surface area contributed by atoms with Crippen LogP contribution < -0.4 is 0 Å². The maximum atomic E-state index is 12.4. The average Bonchev–Trinajstić information content (AvgIpc) is 2.75. The topological polar surface area (TPSA) is 89.5 Å². The molecule has 0 aromatic heterocycles. The molecule has 0 bridgehead atoms. The van der Waals surface area contributed by atoms with Crippen molar-refractivity contribution < 1.29 is 36.3 Å². The zero-order valence-electron chi connectivity index (χ0n) is 20.5. The Morgan fingerprint density at radius 1 is 0.781 bits per heavy atom. The van der Waals surface area contributed by atoms with Crippen LogP contribution in [0.2, 0.25) is 0 Å². The summed E-state index contributed by atoms with van der Waals surface area (Å²) in [5.41, 5.74) is 4.52. The maximum Gasteiger partial charge on any atom is 0.483 e. The van der Waals surface area contributed by atoms with Crippen LogP contribution in [0.25, 0.3) is 0 Å². The van der Waals surface area contributed by atoms with Crippen molar-refractivity contribution in [1.29, 1.82) is 0 Å². The van der Waals surface area contributed by atoms with Gasteiger partial charge in [0.25, 0.3) is 0 Å². The molecule has 0 aliphatic rings. The molecule has 1 unspecified atom stereocenters.